The SMILES string of the molecule is O=CCC(=O)CC(=O)OCCC(=O)CC(=O)O. The Morgan fingerprint density at radius 2 is 1.71 bits per heavy atom. The van der Waals surface area contributed by atoms with Gasteiger partial charge in [-0.25, -0.2) is 0 Å². The van der Waals surface area contributed by atoms with Crippen LogP contribution in [0.15, 0.2) is 0 Å². The zero-order chi connectivity index (χ0) is 13.3. The number of rotatable bonds is 9. The third-order valence-electron chi connectivity index (χ3n) is 1.64. The number of ketones is 2. The molecular formula is C10H12O7. The van der Waals surface area contributed by atoms with Crippen LogP contribution in [0, 0.1) is 0 Å². The minimum absolute atomic E-state index is 0.208. The van der Waals surface area contributed by atoms with Gasteiger partial charge in [0.15, 0.2) is 5.78 Å². The molecule has 0 saturated heterocycles. The molecule has 0 fully saturated rings. The summed E-state index contributed by atoms with van der Waals surface area (Å²) in [5.41, 5.74) is 0. The fourth-order valence-electron chi connectivity index (χ4n) is 0.913. The molecule has 0 spiro atoms. The Bertz CT molecular complexity index is 332. The molecule has 1 N–H and O–H groups in total. The van der Waals surface area contributed by atoms with Crippen molar-refractivity contribution in [3.63, 3.8) is 0 Å². The first-order valence-electron chi connectivity index (χ1n) is 4.80. The highest BCUT2D eigenvalue weighted by atomic mass is 16.5. The predicted molar refractivity (Wildman–Crippen MR) is 53.1 cm³/mol. The van der Waals surface area contributed by atoms with Gasteiger partial charge >= 0.3 is 11.9 Å². The molecule has 0 aliphatic heterocycles. The van der Waals surface area contributed by atoms with Gasteiger partial charge in [0.1, 0.15) is 24.9 Å². The van der Waals surface area contributed by atoms with Gasteiger partial charge in [-0.1, -0.05) is 0 Å². The number of carboxylic acids is 1. The zero-order valence-electron chi connectivity index (χ0n) is 9.01. The van der Waals surface area contributed by atoms with Crippen molar-refractivity contribution in [2.75, 3.05) is 6.61 Å². The van der Waals surface area contributed by atoms with E-state index in [-0.39, 0.29) is 19.4 Å². The molecule has 0 rings (SSSR count). The van der Waals surface area contributed by atoms with Crippen molar-refractivity contribution < 1.29 is 33.8 Å². The van der Waals surface area contributed by atoms with Crippen molar-refractivity contribution in [2.45, 2.75) is 25.7 Å². The van der Waals surface area contributed by atoms with E-state index < -0.39 is 36.3 Å². The molecule has 94 valence electrons. The number of ether oxygens (including phenoxy) is 1. The maximum Gasteiger partial charge on any atom is 0.313 e. The van der Waals surface area contributed by atoms with E-state index in [0.717, 1.165) is 0 Å². The molecule has 7 heteroatoms. The van der Waals surface area contributed by atoms with Gasteiger partial charge in [0.05, 0.1) is 13.0 Å². The number of aliphatic carboxylic acids is 1. The van der Waals surface area contributed by atoms with Crippen LogP contribution in [0.3, 0.4) is 0 Å². The van der Waals surface area contributed by atoms with E-state index in [1.165, 1.54) is 0 Å². The summed E-state index contributed by atoms with van der Waals surface area (Å²) in [6.45, 7) is -0.265. The largest absolute Gasteiger partial charge is 0.481 e. The summed E-state index contributed by atoms with van der Waals surface area (Å²) in [7, 11) is 0. The highest BCUT2D eigenvalue weighted by Crippen LogP contribution is 1.95. The van der Waals surface area contributed by atoms with Gasteiger partial charge in [0, 0.05) is 6.42 Å². The second-order valence-electron chi connectivity index (χ2n) is 3.17. The van der Waals surface area contributed by atoms with Crippen LogP contribution in [-0.2, 0) is 28.7 Å². The summed E-state index contributed by atoms with van der Waals surface area (Å²) in [5, 5.41) is 8.26. The van der Waals surface area contributed by atoms with Gasteiger partial charge in [0.2, 0.25) is 0 Å². The lowest BCUT2D eigenvalue weighted by Gasteiger charge is -2.02. The molecule has 0 heterocycles. The molecule has 0 atom stereocenters. The molecular weight excluding hydrogens is 232 g/mol. The van der Waals surface area contributed by atoms with E-state index in [1.54, 1.807) is 0 Å². The van der Waals surface area contributed by atoms with E-state index in [9.17, 15) is 24.0 Å². The topological polar surface area (TPSA) is 115 Å². The number of esters is 1. The normalized spacial score (nSPS) is 9.41. The van der Waals surface area contributed by atoms with Crippen molar-refractivity contribution in [3.05, 3.63) is 0 Å². The molecule has 0 aromatic heterocycles. The Labute approximate surface area is 96.7 Å². The number of hydrogen-bond donors (Lipinski definition) is 1. The first-order valence-corrected chi connectivity index (χ1v) is 4.80. The summed E-state index contributed by atoms with van der Waals surface area (Å²) in [6.07, 6.45) is -1.33. The smallest absolute Gasteiger partial charge is 0.313 e. The highest BCUT2D eigenvalue weighted by molar-refractivity contribution is 6.00. The summed E-state index contributed by atoms with van der Waals surface area (Å²) < 4.78 is 4.52. The molecule has 0 amide bonds. The zero-order valence-corrected chi connectivity index (χ0v) is 9.01. The maximum atomic E-state index is 10.9. The quantitative estimate of drug-likeness (QED) is 0.330. The molecule has 7 nitrogen and oxygen atoms in total. The van der Waals surface area contributed by atoms with Crippen LogP contribution in [0.2, 0.25) is 0 Å². The predicted octanol–water partition coefficient (Wildman–Crippen LogP) is -0.488. The number of carbonyl (C=O) groups excluding carboxylic acids is 4. The van der Waals surface area contributed by atoms with Crippen LogP contribution in [0.1, 0.15) is 25.7 Å². The van der Waals surface area contributed by atoms with Crippen LogP contribution in [0.5, 0.6) is 0 Å². The standard InChI is InChI=1S/C10H12O7/c11-3-1-7(12)6-10(16)17-4-2-8(13)5-9(14)15/h3H,1-2,4-6H2,(H,14,15). The molecule has 0 aromatic rings. The summed E-state index contributed by atoms with van der Waals surface area (Å²) >= 11 is 0. The highest BCUT2D eigenvalue weighted by Gasteiger charge is 2.12. The second kappa shape index (κ2) is 8.14. The van der Waals surface area contributed by atoms with Crippen LogP contribution < -0.4 is 0 Å². The molecule has 17 heavy (non-hydrogen) atoms. The Morgan fingerprint density at radius 3 is 2.24 bits per heavy atom. The molecule has 0 unspecified atom stereocenters. The lowest BCUT2D eigenvalue weighted by molar-refractivity contribution is -0.146. The molecule has 0 aliphatic rings. The molecule has 0 bridgehead atoms. The Hall–Kier alpha value is -2.05. The Morgan fingerprint density at radius 1 is 1.06 bits per heavy atom. The minimum atomic E-state index is -1.25. The van der Waals surface area contributed by atoms with Gasteiger partial charge in [-0.2, -0.15) is 0 Å². The lowest BCUT2D eigenvalue weighted by atomic mass is 10.2. The van der Waals surface area contributed by atoms with Crippen molar-refractivity contribution in [1.29, 1.82) is 0 Å². The summed E-state index contributed by atoms with van der Waals surface area (Å²) in [5.74, 6) is -3.21. The van der Waals surface area contributed by atoms with Gasteiger partial charge in [-0.05, 0) is 0 Å². The van der Waals surface area contributed by atoms with Crippen molar-refractivity contribution in [3.8, 4) is 0 Å². The lowest BCUT2D eigenvalue weighted by Crippen LogP contribution is -2.15. The maximum absolute atomic E-state index is 10.9. The van der Waals surface area contributed by atoms with Gasteiger partial charge < -0.3 is 14.6 Å². The fraction of sp³-hybridized carbons (Fsp3) is 0.500. The van der Waals surface area contributed by atoms with E-state index in [1.807, 2.05) is 0 Å². The Balaban J connectivity index is 3.71. The molecule has 0 aliphatic carbocycles. The number of carboxylic acid groups (broad SMARTS) is 1. The van der Waals surface area contributed by atoms with Gasteiger partial charge in [-0.3, -0.25) is 19.2 Å². The van der Waals surface area contributed by atoms with Crippen LogP contribution in [0.4, 0.5) is 0 Å². The third-order valence-corrected chi connectivity index (χ3v) is 1.64. The number of carbonyl (C=O) groups is 5. The van der Waals surface area contributed by atoms with Gasteiger partial charge in [0.25, 0.3) is 0 Å². The van der Waals surface area contributed by atoms with Crippen LogP contribution in [0.25, 0.3) is 0 Å². The van der Waals surface area contributed by atoms with Crippen molar-refractivity contribution in [2.24, 2.45) is 0 Å². The van der Waals surface area contributed by atoms with Crippen molar-refractivity contribution in [1.82, 2.24) is 0 Å². The second-order valence-corrected chi connectivity index (χ2v) is 3.17. The van der Waals surface area contributed by atoms with E-state index in [0.29, 0.717) is 6.29 Å². The first-order chi connectivity index (χ1) is 7.95. The van der Waals surface area contributed by atoms with Crippen LogP contribution in [-0.4, -0.2) is 41.5 Å². The van der Waals surface area contributed by atoms with E-state index in [4.69, 9.17) is 5.11 Å². The molecule has 0 radical (unpaired) electrons. The number of hydrogen-bond acceptors (Lipinski definition) is 6. The van der Waals surface area contributed by atoms with Crippen LogP contribution >= 0.6 is 0 Å². The van der Waals surface area contributed by atoms with Crippen molar-refractivity contribution >= 4 is 29.8 Å². The third kappa shape index (κ3) is 8.91. The van der Waals surface area contributed by atoms with E-state index >= 15 is 0 Å². The average molecular weight is 244 g/mol. The van der Waals surface area contributed by atoms with Gasteiger partial charge in [-0.15, -0.1) is 0 Å². The minimum Gasteiger partial charge on any atom is -0.481 e. The summed E-state index contributed by atoms with van der Waals surface area (Å²) in [6, 6.07) is 0. The molecule has 0 saturated carbocycles. The average Bonchev–Trinajstić information content (AvgIpc) is 2.16. The monoisotopic (exact) mass is 244 g/mol. The molecule has 0 aromatic carbocycles. The number of aldehydes is 1. The number of Topliss-reactive ketones (excluding diaryl/α,β-unsaturated/α-hetero) is 2. The summed E-state index contributed by atoms with van der Waals surface area (Å²) in [4.78, 5) is 52.7. The van der Waals surface area contributed by atoms with E-state index in [2.05, 4.69) is 4.74 Å². The first kappa shape index (κ1) is 14.9. The Kier molecular flexibility index (Phi) is 7.16. The fourth-order valence-corrected chi connectivity index (χ4v) is 0.913.